The molecule has 15 heavy (non-hydrogen) atoms. The van der Waals surface area contributed by atoms with Crippen LogP contribution in [0.3, 0.4) is 0 Å². The molecule has 1 spiro atoms. The lowest BCUT2D eigenvalue weighted by Crippen LogP contribution is -2.65. The van der Waals surface area contributed by atoms with Crippen molar-refractivity contribution < 1.29 is 0 Å². The first-order valence-electron chi connectivity index (χ1n) is 7.25. The van der Waals surface area contributed by atoms with E-state index in [1.54, 1.807) is 32.1 Å². The van der Waals surface area contributed by atoms with Crippen LogP contribution in [0, 0.1) is 52.3 Å². The molecule has 0 heteroatoms. The molecular weight excluding hydrogens is 180 g/mol. The van der Waals surface area contributed by atoms with Crippen LogP contribution in [0.1, 0.15) is 39.0 Å². The normalized spacial score (nSPS) is 84.2. The first kappa shape index (κ1) is 7.35. The third-order valence-corrected chi connectivity index (χ3v) is 8.80. The maximum absolute atomic E-state index is 2.70. The van der Waals surface area contributed by atoms with Gasteiger partial charge in [0.1, 0.15) is 0 Å². The van der Waals surface area contributed by atoms with Crippen molar-refractivity contribution in [2.24, 2.45) is 52.3 Å². The molecule has 0 aliphatic heterocycles. The molecule has 9 aliphatic rings. The fraction of sp³-hybridized carbons (Fsp3) is 1.00. The summed E-state index contributed by atoms with van der Waals surface area (Å²) < 4.78 is 0. The van der Waals surface area contributed by atoms with Crippen LogP contribution in [0.4, 0.5) is 0 Å². The first-order valence-corrected chi connectivity index (χ1v) is 7.25. The van der Waals surface area contributed by atoms with E-state index in [0.717, 1.165) is 10.8 Å². The van der Waals surface area contributed by atoms with Crippen LogP contribution >= 0.6 is 0 Å². The Bertz CT molecular complexity index is 399. The predicted octanol–water partition coefficient (Wildman–Crippen LogP) is 3.32. The van der Waals surface area contributed by atoms with E-state index in [1.165, 1.54) is 41.4 Å². The molecule has 0 aromatic heterocycles. The number of rotatable bonds is 0. The van der Waals surface area contributed by atoms with Gasteiger partial charge in [0, 0.05) is 0 Å². The molecule has 9 fully saturated rings. The van der Waals surface area contributed by atoms with Gasteiger partial charge in [-0.3, -0.25) is 0 Å². The van der Waals surface area contributed by atoms with Gasteiger partial charge >= 0.3 is 0 Å². The lowest BCUT2D eigenvalue weighted by atomic mass is 9.33. The molecule has 9 aliphatic carbocycles. The molecule has 0 aromatic rings. The first-order chi connectivity index (χ1) is 7.25. The molecular formula is C15H20. The smallest absolute Gasteiger partial charge is 0.0227 e. The van der Waals surface area contributed by atoms with Gasteiger partial charge < -0.3 is 0 Å². The highest BCUT2D eigenvalue weighted by molar-refractivity contribution is 5.32. The highest BCUT2D eigenvalue weighted by Gasteiger charge is 2.84. The van der Waals surface area contributed by atoms with Gasteiger partial charge in [0.2, 0.25) is 0 Å². The van der Waals surface area contributed by atoms with Gasteiger partial charge in [-0.15, -0.1) is 0 Å². The number of hydrogen-bond acceptors (Lipinski definition) is 0. The summed E-state index contributed by atoms with van der Waals surface area (Å²) in [5, 5.41) is 0. The Balaban J connectivity index is 1.73. The van der Waals surface area contributed by atoms with E-state index in [2.05, 4.69) is 6.92 Å². The lowest BCUT2D eigenvalue weighted by molar-refractivity contribution is -0.228. The van der Waals surface area contributed by atoms with E-state index < -0.39 is 0 Å². The van der Waals surface area contributed by atoms with Crippen LogP contribution in [0.25, 0.3) is 0 Å². The number of hydrogen-bond donors (Lipinski definition) is 0. The monoisotopic (exact) mass is 200 g/mol. The van der Waals surface area contributed by atoms with Crippen molar-refractivity contribution in [2.45, 2.75) is 39.0 Å². The predicted molar refractivity (Wildman–Crippen MR) is 58.1 cm³/mol. The highest BCUT2D eigenvalue weighted by Crippen LogP contribution is 2.90. The van der Waals surface area contributed by atoms with Gasteiger partial charge in [0.25, 0.3) is 0 Å². The average molecular weight is 200 g/mol. The fourth-order valence-electron chi connectivity index (χ4n) is 8.45. The summed E-state index contributed by atoms with van der Waals surface area (Å²) in [5.74, 6) is 8.48. The van der Waals surface area contributed by atoms with Crippen LogP contribution in [0.5, 0.6) is 0 Å². The van der Waals surface area contributed by atoms with Crippen LogP contribution in [-0.2, 0) is 0 Å². The Hall–Kier alpha value is 0. The molecule has 0 heterocycles. The second-order valence-electron chi connectivity index (χ2n) is 8.17. The van der Waals surface area contributed by atoms with E-state index in [0.29, 0.717) is 0 Å². The topological polar surface area (TPSA) is 0 Å². The summed E-state index contributed by atoms with van der Waals surface area (Å²) in [7, 11) is 0. The zero-order valence-electron chi connectivity index (χ0n) is 9.58. The highest BCUT2D eigenvalue weighted by atomic mass is 14.9. The van der Waals surface area contributed by atoms with Crippen molar-refractivity contribution in [2.75, 3.05) is 0 Å². The van der Waals surface area contributed by atoms with Crippen molar-refractivity contribution in [1.82, 2.24) is 0 Å². The quantitative estimate of drug-likeness (QED) is 0.562. The fourth-order valence-corrected chi connectivity index (χ4v) is 8.45. The molecule has 9 saturated carbocycles. The molecule has 0 nitrogen and oxygen atoms in total. The van der Waals surface area contributed by atoms with E-state index in [9.17, 15) is 0 Å². The zero-order valence-corrected chi connectivity index (χ0v) is 9.58. The van der Waals surface area contributed by atoms with Crippen molar-refractivity contribution in [3.63, 3.8) is 0 Å². The molecule has 9 unspecified atom stereocenters. The maximum Gasteiger partial charge on any atom is -0.0227 e. The standard InChI is InChI=1S/C15H20/c1-14-7-2-9-10-6-15(11(9)3-7)5-8(14)4-12(14)13(10)15/h7-13H,2-6H2,1H3. The Kier molecular flexibility index (Phi) is 0.803. The molecule has 0 saturated heterocycles. The molecule has 0 aromatic carbocycles. The van der Waals surface area contributed by atoms with Crippen molar-refractivity contribution in [3.05, 3.63) is 0 Å². The molecule has 80 valence electrons. The van der Waals surface area contributed by atoms with E-state index in [1.807, 2.05) is 0 Å². The summed E-state index contributed by atoms with van der Waals surface area (Å²) in [6.45, 7) is 2.70. The van der Waals surface area contributed by atoms with Crippen molar-refractivity contribution >= 4 is 0 Å². The van der Waals surface area contributed by atoms with Gasteiger partial charge in [-0.25, -0.2) is 0 Å². The van der Waals surface area contributed by atoms with Gasteiger partial charge in [-0.2, -0.15) is 0 Å². The largest absolute Gasteiger partial charge is 0.0588 e. The average Bonchev–Trinajstić information content (AvgIpc) is 2.75. The van der Waals surface area contributed by atoms with Crippen molar-refractivity contribution in [1.29, 1.82) is 0 Å². The second-order valence-corrected chi connectivity index (χ2v) is 8.17. The van der Waals surface area contributed by atoms with Gasteiger partial charge in [0.15, 0.2) is 0 Å². The molecule has 9 rings (SSSR count). The van der Waals surface area contributed by atoms with Crippen LogP contribution < -0.4 is 0 Å². The summed E-state index contributed by atoms with van der Waals surface area (Å²) >= 11 is 0. The van der Waals surface area contributed by atoms with Gasteiger partial charge in [0.05, 0.1) is 0 Å². The summed E-state index contributed by atoms with van der Waals surface area (Å²) in [4.78, 5) is 0. The second kappa shape index (κ2) is 1.64. The van der Waals surface area contributed by atoms with E-state index in [4.69, 9.17) is 0 Å². The molecule has 9 bridgehead atoms. The van der Waals surface area contributed by atoms with Crippen LogP contribution in [0.2, 0.25) is 0 Å². The SMILES string of the molecule is CC12C3CC4C5CC6(CC1CC2C56)C4C3. The summed E-state index contributed by atoms with van der Waals surface area (Å²) in [5.41, 5.74) is 1.81. The molecule has 0 radical (unpaired) electrons. The van der Waals surface area contributed by atoms with Crippen LogP contribution in [-0.4, -0.2) is 0 Å². The minimum atomic E-state index is 0.854. The Morgan fingerprint density at radius 3 is 2.67 bits per heavy atom. The van der Waals surface area contributed by atoms with Crippen molar-refractivity contribution in [3.8, 4) is 0 Å². The maximum atomic E-state index is 2.70. The Labute approximate surface area is 91.8 Å². The lowest BCUT2D eigenvalue weighted by Gasteiger charge is -2.71. The van der Waals surface area contributed by atoms with E-state index >= 15 is 0 Å². The third kappa shape index (κ3) is 0.436. The Morgan fingerprint density at radius 2 is 1.73 bits per heavy atom. The molecule has 9 atom stereocenters. The summed E-state index contributed by atoms with van der Waals surface area (Å²) in [6.07, 6.45) is 8.34. The third-order valence-electron chi connectivity index (χ3n) is 8.80. The molecule has 0 N–H and O–H groups in total. The van der Waals surface area contributed by atoms with Gasteiger partial charge in [-0.1, -0.05) is 6.92 Å². The molecule has 0 amide bonds. The van der Waals surface area contributed by atoms with Gasteiger partial charge in [-0.05, 0) is 84.4 Å². The van der Waals surface area contributed by atoms with E-state index in [-0.39, 0.29) is 0 Å². The minimum absolute atomic E-state index is 0.854. The van der Waals surface area contributed by atoms with Crippen LogP contribution in [0.15, 0.2) is 0 Å². The minimum Gasteiger partial charge on any atom is -0.0588 e. The summed E-state index contributed by atoms with van der Waals surface area (Å²) in [6, 6.07) is 0. The zero-order chi connectivity index (χ0) is 9.58. The Morgan fingerprint density at radius 1 is 0.867 bits per heavy atom.